The van der Waals surface area contributed by atoms with Gasteiger partial charge >= 0.3 is 0 Å². The molecule has 0 saturated carbocycles. The SMILES string of the molecule is CCC1Nc2ccccc2N1c1cccc(-c2cccc(-c3ccccc3-c3ccccc3C3=CC(c4ccccc4)NC(c4ccccc4)=C3)c2)c1. The maximum Gasteiger partial charge on any atom is 0.104 e. The van der Waals surface area contributed by atoms with E-state index in [0.717, 1.165) is 12.1 Å². The van der Waals surface area contributed by atoms with Crippen molar-refractivity contribution < 1.29 is 0 Å². The van der Waals surface area contributed by atoms with E-state index in [1.807, 2.05) is 0 Å². The van der Waals surface area contributed by atoms with E-state index in [2.05, 4.69) is 217 Å². The van der Waals surface area contributed by atoms with E-state index in [0.29, 0.717) is 0 Å². The highest BCUT2D eigenvalue weighted by molar-refractivity contribution is 5.95. The Morgan fingerprint density at radius 1 is 0.491 bits per heavy atom. The van der Waals surface area contributed by atoms with Crippen molar-refractivity contribution in [2.75, 3.05) is 10.2 Å². The lowest BCUT2D eigenvalue weighted by Gasteiger charge is -2.27. The van der Waals surface area contributed by atoms with Gasteiger partial charge in [-0.25, -0.2) is 0 Å². The Labute approximate surface area is 312 Å². The quantitative estimate of drug-likeness (QED) is 0.167. The fourth-order valence-corrected chi connectivity index (χ4v) is 7.89. The first kappa shape index (κ1) is 32.3. The topological polar surface area (TPSA) is 27.3 Å². The van der Waals surface area contributed by atoms with E-state index in [1.165, 1.54) is 72.7 Å². The second kappa shape index (κ2) is 14.2. The van der Waals surface area contributed by atoms with E-state index in [4.69, 9.17) is 0 Å². The van der Waals surface area contributed by atoms with Crippen LogP contribution < -0.4 is 15.5 Å². The van der Waals surface area contributed by atoms with Crippen LogP contribution in [-0.4, -0.2) is 6.17 Å². The number of nitrogens with zero attached hydrogens (tertiary/aromatic N) is 1. The molecule has 7 aromatic carbocycles. The molecule has 3 nitrogen and oxygen atoms in total. The Kier molecular flexibility index (Phi) is 8.67. The van der Waals surface area contributed by atoms with E-state index in [9.17, 15) is 0 Å². The molecule has 2 N–H and O–H groups in total. The third-order valence-corrected chi connectivity index (χ3v) is 10.5. The van der Waals surface area contributed by atoms with Crippen LogP contribution in [0.25, 0.3) is 44.7 Å². The summed E-state index contributed by atoms with van der Waals surface area (Å²) in [4.78, 5) is 2.43. The van der Waals surface area contributed by atoms with Gasteiger partial charge in [0.25, 0.3) is 0 Å². The molecule has 0 fully saturated rings. The van der Waals surface area contributed by atoms with Crippen LogP contribution in [0.15, 0.2) is 194 Å². The largest absolute Gasteiger partial charge is 0.374 e. The van der Waals surface area contributed by atoms with Crippen molar-refractivity contribution >= 4 is 28.3 Å². The number of allylic oxidation sites excluding steroid dienone is 2. The fourth-order valence-electron chi connectivity index (χ4n) is 7.89. The molecule has 0 bridgehead atoms. The summed E-state index contributed by atoms with van der Waals surface area (Å²) in [5, 5.41) is 7.52. The van der Waals surface area contributed by atoms with Gasteiger partial charge in [0, 0.05) is 11.4 Å². The normalized spacial score (nSPS) is 16.2. The maximum absolute atomic E-state index is 3.81. The van der Waals surface area contributed by atoms with Crippen molar-refractivity contribution in [2.45, 2.75) is 25.6 Å². The molecule has 2 atom stereocenters. The van der Waals surface area contributed by atoms with Gasteiger partial charge in [0.05, 0.1) is 17.4 Å². The van der Waals surface area contributed by atoms with E-state index < -0.39 is 0 Å². The number of nitrogens with one attached hydrogen (secondary N) is 2. The van der Waals surface area contributed by atoms with Gasteiger partial charge in [-0.2, -0.15) is 0 Å². The van der Waals surface area contributed by atoms with Crippen LogP contribution in [0.3, 0.4) is 0 Å². The second-order valence-corrected chi connectivity index (χ2v) is 13.8. The number of benzene rings is 7. The Morgan fingerprint density at radius 3 is 1.85 bits per heavy atom. The Hall–Kier alpha value is -6.58. The Morgan fingerprint density at radius 2 is 1.08 bits per heavy atom. The number of rotatable bonds is 8. The number of hydrogen-bond donors (Lipinski definition) is 2. The van der Waals surface area contributed by atoms with Gasteiger partial charge in [0.1, 0.15) is 6.17 Å². The summed E-state index contributed by atoms with van der Waals surface area (Å²) in [5.74, 6) is 0. The first-order valence-corrected chi connectivity index (χ1v) is 18.6. The first-order chi connectivity index (χ1) is 26.2. The van der Waals surface area contributed by atoms with E-state index in [1.54, 1.807) is 0 Å². The molecule has 53 heavy (non-hydrogen) atoms. The number of dihydropyridines is 1. The molecular formula is C50H41N3. The van der Waals surface area contributed by atoms with Gasteiger partial charge in [-0.1, -0.05) is 159 Å². The van der Waals surface area contributed by atoms with Crippen LogP contribution in [0.1, 0.15) is 36.1 Å². The van der Waals surface area contributed by atoms with Crippen LogP contribution >= 0.6 is 0 Å². The molecule has 2 aliphatic heterocycles. The van der Waals surface area contributed by atoms with Crippen LogP contribution in [0, 0.1) is 0 Å². The molecule has 256 valence electrons. The number of fused-ring (bicyclic) bond motifs is 1. The van der Waals surface area contributed by atoms with Crippen LogP contribution in [0.4, 0.5) is 17.1 Å². The third kappa shape index (κ3) is 6.32. The molecule has 0 radical (unpaired) electrons. The van der Waals surface area contributed by atoms with Crippen molar-refractivity contribution in [3.63, 3.8) is 0 Å². The summed E-state index contributed by atoms with van der Waals surface area (Å²) in [5.41, 5.74) is 16.8. The minimum atomic E-state index is 0.0413. The van der Waals surface area contributed by atoms with Crippen molar-refractivity contribution in [1.29, 1.82) is 0 Å². The third-order valence-electron chi connectivity index (χ3n) is 10.5. The van der Waals surface area contributed by atoms with Gasteiger partial charge in [-0.3, -0.25) is 0 Å². The molecule has 2 aliphatic rings. The average molecular weight is 684 g/mol. The van der Waals surface area contributed by atoms with Gasteiger partial charge < -0.3 is 15.5 Å². The molecule has 0 aliphatic carbocycles. The zero-order valence-electron chi connectivity index (χ0n) is 29.8. The van der Waals surface area contributed by atoms with E-state index >= 15 is 0 Å². The first-order valence-electron chi connectivity index (χ1n) is 18.6. The minimum Gasteiger partial charge on any atom is -0.374 e. The molecule has 0 saturated heterocycles. The lowest BCUT2D eigenvalue weighted by atomic mass is 9.86. The van der Waals surface area contributed by atoms with Crippen molar-refractivity contribution in [2.24, 2.45) is 0 Å². The molecular weight excluding hydrogens is 643 g/mol. The van der Waals surface area contributed by atoms with Crippen LogP contribution in [0.5, 0.6) is 0 Å². The van der Waals surface area contributed by atoms with Crippen molar-refractivity contribution in [3.05, 3.63) is 211 Å². The van der Waals surface area contributed by atoms with Gasteiger partial charge in [-0.05, 0) is 105 Å². The smallest absolute Gasteiger partial charge is 0.104 e. The number of para-hydroxylation sites is 2. The molecule has 7 aromatic rings. The second-order valence-electron chi connectivity index (χ2n) is 13.8. The summed E-state index contributed by atoms with van der Waals surface area (Å²) in [7, 11) is 0. The number of anilines is 3. The summed E-state index contributed by atoms with van der Waals surface area (Å²) in [6.07, 6.45) is 5.89. The Bertz CT molecular complexity index is 2460. The van der Waals surface area contributed by atoms with E-state index in [-0.39, 0.29) is 12.2 Å². The molecule has 0 amide bonds. The molecule has 3 heteroatoms. The lowest BCUT2D eigenvalue weighted by molar-refractivity contribution is 0.728. The molecule has 2 unspecified atom stereocenters. The standard InChI is InChI=1S/C50H41N3/c1-2-50-52-46-29-13-14-30-49(46)53(50)41-24-16-22-38(32-41)37-21-15-23-39(31-37)42-25-9-11-27-44(42)45-28-12-10-26-43(45)40-33-47(35-17-5-3-6-18-35)51-48(34-40)36-19-7-4-8-20-36/h3-34,47,50-52H,2H2,1H3. The molecule has 0 aromatic heterocycles. The van der Waals surface area contributed by atoms with Crippen LogP contribution in [-0.2, 0) is 0 Å². The zero-order chi connectivity index (χ0) is 35.6. The predicted octanol–water partition coefficient (Wildman–Crippen LogP) is 12.8. The maximum atomic E-state index is 3.81. The average Bonchev–Trinajstić information content (AvgIpc) is 3.63. The monoisotopic (exact) mass is 683 g/mol. The highest BCUT2D eigenvalue weighted by Gasteiger charge is 2.28. The summed E-state index contributed by atoms with van der Waals surface area (Å²) in [6, 6.07) is 65.6. The fraction of sp³-hybridized carbons (Fsp3) is 0.0800. The van der Waals surface area contributed by atoms with Gasteiger partial charge in [0.15, 0.2) is 0 Å². The summed E-state index contributed by atoms with van der Waals surface area (Å²) in [6.45, 7) is 2.24. The molecule has 2 heterocycles. The van der Waals surface area contributed by atoms with Gasteiger partial charge in [-0.15, -0.1) is 0 Å². The highest BCUT2D eigenvalue weighted by Crippen LogP contribution is 2.43. The molecule has 9 rings (SSSR count). The minimum absolute atomic E-state index is 0.0413. The number of hydrogen-bond acceptors (Lipinski definition) is 3. The molecule has 0 spiro atoms. The predicted molar refractivity (Wildman–Crippen MR) is 224 cm³/mol. The van der Waals surface area contributed by atoms with Crippen molar-refractivity contribution in [3.8, 4) is 33.4 Å². The van der Waals surface area contributed by atoms with Crippen molar-refractivity contribution in [1.82, 2.24) is 5.32 Å². The zero-order valence-corrected chi connectivity index (χ0v) is 29.8. The highest BCUT2D eigenvalue weighted by atomic mass is 15.3. The summed E-state index contributed by atoms with van der Waals surface area (Å²) < 4.78 is 0. The Balaban J connectivity index is 1.11. The summed E-state index contributed by atoms with van der Waals surface area (Å²) >= 11 is 0. The van der Waals surface area contributed by atoms with Crippen LogP contribution in [0.2, 0.25) is 0 Å². The lowest BCUT2D eigenvalue weighted by Crippen LogP contribution is -2.30. The van der Waals surface area contributed by atoms with Gasteiger partial charge in [0.2, 0.25) is 0 Å².